The third-order valence-electron chi connectivity index (χ3n) is 16.6. The molecule has 9 aromatic rings. The van der Waals surface area contributed by atoms with Crippen LogP contribution in [0.2, 0.25) is 33.2 Å². The molecule has 0 atom stereocenters. The van der Waals surface area contributed by atoms with Crippen LogP contribution in [0.25, 0.3) is 65.3 Å². The second-order valence-corrected chi connectivity index (χ2v) is 34.0. The first-order chi connectivity index (χ1) is 36.5. The lowest BCUT2D eigenvalue weighted by atomic mass is 9.94. The summed E-state index contributed by atoms with van der Waals surface area (Å²) < 4.78 is 0. The van der Waals surface area contributed by atoms with Crippen LogP contribution in [-0.2, 0) is 6.61 Å². The largest absolute Gasteiger partial charge is 0.392 e. The molecule has 9 aromatic carbocycles. The maximum atomic E-state index is 10.6. The summed E-state index contributed by atoms with van der Waals surface area (Å²) in [5.41, 5.74) is 22.3. The number of aliphatic hydroxyl groups excluding tert-OH is 1. The monoisotopic (exact) mass is 1020 g/mol. The van der Waals surface area contributed by atoms with Crippen molar-refractivity contribution in [2.75, 3.05) is 0 Å². The minimum absolute atomic E-state index is 0.0715. The third kappa shape index (κ3) is 10.6. The van der Waals surface area contributed by atoms with Gasteiger partial charge >= 0.3 is 0 Å². The van der Waals surface area contributed by atoms with Crippen molar-refractivity contribution in [3.8, 4) is 68.9 Å². The van der Waals surface area contributed by atoms with Crippen molar-refractivity contribution >= 4 is 59.2 Å². The molecule has 0 aliphatic heterocycles. The molecule has 0 spiro atoms. The zero-order valence-corrected chi connectivity index (χ0v) is 48.7. The van der Waals surface area contributed by atoms with Gasteiger partial charge in [-0.15, -0.1) is 11.1 Å². The molecule has 9 rings (SSSR count). The van der Waals surface area contributed by atoms with Crippen LogP contribution in [-0.4, -0.2) is 21.3 Å². The van der Waals surface area contributed by atoms with Gasteiger partial charge in [0.1, 0.15) is 16.1 Å². The Morgan fingerprint density at radius 3 is 0.947 bits per heavy atom. The summed E-state index contributed by atoms with van der Waals surface area (Å²) in [7, 11) is -3.83. The maximum Gasteiger partial charge on any atom is 0.146 e. The summed E-state index contributed by atoms with van der Waals surface area (Å²) in [4.78, 5) is 0. The van der Waals surface area contributed by atoms with Crippen LogP contribution in [0, 0.1) is 46.6 Å². The van der Waals surface area contributed by atoms with Gasteiger partial charge in [-0.25, -0.2) is 0 Å². The van der Waals surface area contributed by atoms with Crippen LogP contribution < -0.4 is 0 Å². The third-order valence-corrected chi connectivity index (χ3v) is 29.1. The number of benzene rings is 9. The second kappa shape index (κ2) is 22.5. The van der Waals surface area contributed by atoms with Crippen LogP contribution in [0.3, 0.4) is 0 Å². The van der Waals surface area contributed by atoms with Crippen LogP contribution in [0.4, 0.5) is 0 Å². The van der Waals surface area contributed by atoms with Crippen LogP contribution in [0.5, 0.6) is 0 Å². The van der Waals surface area contributed by atoms with E-state index < -0.39 is 16.1 Å². The molecule has 0 amide bonds. The van der Waals surface area contributed by atoms with Gasteiger partial charge in [-0.05, 0) is 195 Å². The van der Waals surface area contributed by atoms with Gasteiger partial charge in [0.05, 0.1) is 6.61 Å². The summed E-state index contributed by atoms with van der Waals surface area (Å²) in [5, 5.41) is 19.9. The van der Waals surface area contributed by atoms with E-state index in [2.05, 4.69) is 293 Å². The number of aliphatic hydroxyl groups is 1. The van der Waals surface area contributed by atoms with E-state index in [4.69, 9.17) is 0 Å². The Morgan fingerprint density at radius 1 is 0.316 bits per heavy atom. The van der Waals surface area contributed by atoms with Gasteiger partial charge in [0.2, 0.25) is 0 Å². The minimum Gasteiger partial charge on any atom is -0.392 e. The predicted molar refractivity (Wildman–Crippen MR) is 334 cm³/mol. The molecule has 0 fully saturated rings. The Balaban J connectivity index is 1.02. The summed E-state index contributed by atoms with van der Waals surface area (Å²) >= 11 is 0. The fraction of sp³-hybridized carbons (Fsp3) is 0.260. The van der Waals surface area contributed by atoms with Crippen LogP contribution in [0.15, 0.2) is 164 Å². The van der Waals surface area contributed by atoms with E-state index in [1.165, 1.54) is 21.5 Å². The lowest BCUT2D eigenvalue weighted by Gasteiger charge is -2.38. The van der Waals surface area contributed by atoms with Gasteiger partial charge in [0, 0.05) is 33.4 Å². The SMILES string of the molecule is CC(C)[Si](C#Cc1cccc2cc3cccc(C#Cc4cccc(-c5cc(CO)cc(-c6cccc(C#Cc7cccc8cc9cccc(C#C[Si](C(C)C)(C(C)C)C(C)C)c9cc78)c6)c5)c4)c3cc12)(C(C)C)C(C)C. The Hall–Kier alpha value is -7.35. The van der Waals surface area contributed by atoms with E-state index in [1.54, 1.807) is 0 Å². The Bertz CT molecular complexity index is 3630. The Kier molecular flexibility index (Phi) is 15.8. The van der Waals surface area contributed by atoms with Crippen LogP contribution in [0.1, 0.15) is 122 Å². The smallest absolute Gasteiger partial charge is 0.146 e. The van der Waals surface area contributed by atoms with Gasteiger partial charge in [-0.3, -0.25) is 0 Å². The van der Waals surface area contributed by atoms with Crippen molar-refractivity contribution in [3.05, 3.63) is 203 Å². The molecule has 3 heteroatoms. The number of hydrogen-bond acceptors (Lipinski definition) is 1. The quantitative estimate of drug-likeness (QED) is 0.0868. The summed E-state index contributed by atoms with van der Waals surface area (Å²) in [6.07, 6.45) is 0. The second-order valence-electron chi connectivity index (χ2n) is 22.8. The molecule has 0 aliphatic rings. The van der Waals surface area contributed by atoms with Crippen molar-refractivity contribution in [2.24, 2.45) is 0 Å². The molecule has 76 heavy (non-hydrogen) atoms. The van der Waals surface area contributed by atoms with Crippen molar-refractivity contribution in [2.45, 2.75) is 123 Å². The van der Waals surface area contributed by atoms with E-state index in [-0.39, 0.29) is 6.61 Å². The van der Waals surface area contributed by atoms with E-state index in [9.17, 15) is 5.11 Å². The zero-order chi connectivity index (χ0) is 53.9. The molecular weight excluding hydrogens is 949 g/mol. The topological polar surface area (TPSA) is 20.2 Å². The fourth-order valence-electron chi connectivity index (χ4n) is 12.7. The highest BCUT2D eigenvalue weighted by Crippen LogP contribution is 2.43. The molecule has 0 saturated carbocycles. The zero-order valence-electron chi connectivity index (χ0n) is 46.7. The first kappa shape index (κ1) is 53.5. The van der Waals surface area contributed by atoms with E-state index in [0.29, 0.717) is 33.2 Å². The van der Waals surface area contributed by atoms with E-state index in [0.717, 1.165) is 82.7 Å². The first-order valence-corrected chi connectivity index (χ1v) is 32.0. The van der Waals surface area contributed by atoms with E-state index >= 15 is 0 Å². The average molecular weight is 1020 g/mol. The summed E-state index contributed by atoms with van der Waals surface area (Å²) in [6, 6.07) is 58.2. The van der Waals surface area contributed by atoms with Crippen molar-refractivity contribution in [1.29, 1.82) is 0 Å². The maximum absolute atomic E-state index is 10.6. The lowest BCUT2D eigenvalue weighted by molar-refractivity contribution is 0.282. The highest BCUT2D eigenvalue weighted by atomic mass is 28.3. The highest BCUT2D eigenvalue weighted by molar-refractivity contribution is 6.91. The molecule has 1 nitrogen and oxygen atoms in total. The average Bonchev–Trinajstić information content (AvgIpc) is 3.41. The Morgan fingerprint density at radius 2 is 0.632 bits per heavy atom. The summed E-state index contributed by atoms with van der Waals surface area (Å²) in [6.45, 7) is 28.4. The molecule has 0 saturated heterocycles. The van der Waals surface area contributed by atoms with Gasteiger partial charge in [0.15, 0.2) is 0 Å². The standard InChI is InChI=1S/C73H72OSi2/c1-49(2)75(50(3)4,51(5)6)37-35-60-23-17-29-66-43-64-27-15-21-58(70(64)46-72(60)66)33-31-55-19-13-25-62(39-55)68-41-57(48-74)42-69(45-68)63-26-14-20-56(40-63)32-34-59-22-16-28-65-44-67-30-18-24-61(73(67)47-71(59)65)36-38-76(52(7)8,53(9)10)54(11)12/h13-30,39-47,49-54,74H,48H2,1-12H3. The van der Waals surface area contributed by atoms with Crippen molar-refractivity contribution < 1.29 is 5.11 Å². The van der Waals surface area contributed by atoms with E-state index in [1.807, 2.05) is 0 Å². The molecule has 0 heterocycles. The number of rotatable bonds is 9. The predicted octanol–water partition coefficient (Wildman–Crippen LogP) is 19.1. The van der Waals surface area contributed by atoms with Crippen molar-refractivity contribution in [1.82, 2.24) is 0 Å². The molecule has 0 bridgehead atoms. The van der Waals surface area contributed by atoms with Gasteiger partial charge in [0.25, 0.3) is 0 Å². The number of fused-ring (bicyclic) bond motifs is 4. The molecule has 0 aromatic heterocycles. The van der Waals surface area contributed by atoms with Gasteiger partial charge in [-0.2, -0.15) is 0 Å². The van der Waals surface area contributed by atoms with Crippen LogP contribution >= 0.6 is 0 Å². The number of hydrogen-bond donors (Lipinski definition) is 1. The normalized spacial score (nSPS) is 11.8. The fourth-order valence-corrected chi connectivity index (χ4v) is 23.1. The minimum atomic E-state index is -1.91. The molecule has 1 N–H and O–H groups in total. The Labute approximate surface area is 456 Å². The summed E-state index contributed by atoms with van der Waals surface area (Å²) in [5.74, 6) is 21.7. The van der Waals surface area contributed by atoms with Crippen molar-refractivity contribution in [3.63, 3.8) is 0 Å². The van der Waals surface area contributed by atoms with Gasteiger partial charge in [-0.1, -0.05) is 191 Å². The molecule has 0 radical (unpaired) electrons. The molecule has 0 unspecified atom stereocenters. The molecular formula is C73H72OSi2. The highest BCUT2D eigenvalue weighted by Gasteiger charge is 2.42. The molecule has 378 valence electrons. The molecule has 0 aliphatic carbocycles. The first-order valence-electron chi connectivity index (χ1n) is 27.5. The van der Waals surface area contributed by atoms with Gasteiger partial charge < -0.3 is 5.11 Å². The lowest BCUT2D eigenvalue weighted by Crippen LogP contribution is -2.43.